The molecular formula is C16H17N. The minimum Gasteiger partial charge on any atom is -0.371 e. The third kappa shape index (κ3) is 1.72. The van der Waals surface area contributed by atoms with Crippen LogP contribution in [-0.4, -0.2) is 13.1 Å². The summed E-state index contributed by atoms with van der Waals surface area (Å²) in [4.78, 5) is 2.38. The molecule has 0 saturated heterocycles. The summed E-state index contributed by atoms with van der Waals surface area (Å²) < 4.78 is 0. The molecule has 1 atom stereocenters. The Morgan fingerprint density at radius 3 is 2.53 bits per heavy atom. The van der Waals surface area contributed by atoms with Crippen molar-refractivity contribution in [2.45, 2.75) is 19.4 Å². The maximum absolute atomic E-state index is 2.38. The molecule has 86 valence electrons. The van der Waals surface area contributed by atoms with Crippen LogP contribution in [0.4, 0.5) is 5.69 Å². The van der Waals surface area contributed by atoms with Gasteiger partial charge < -0.3 is 4.90 Å². The van der Waals surface area contributed by atoms with Gasteiger partial charge in [-0.05, 0) is 36.1 Å². The van der Waals surface area contributed by atoms with Crippen molar-refractivity contribution in [3.8, 4) is 11.1 Å². The number of rotatable bonds is 1. The monoisotopic (exact) mass is 223 g/mol. The first-order chi connectivity index (χ1) is 8.25. The van der Waals surface area contributed by atoms with Crippen molar-refractivity contribution in [3.05, 3.63) is 54.1 Å². The normalized spacial score (nSPS) is 18.2. The summed E-state index contributed by atoms with van der Waals surface area (Å²) in [6, 6.07) is 18.0. The van der Waals surface area contributed by atoms with E-state index in [1.54, 1.807) is 0 Å². The molecule has 2 aromatic rings. The lowest BCUT2D eigenvalue weighted by molar-refractivity contribution is 0.732. The van der Waals surface area contributed by atoms with E-state index in [1.807, 2.05) is 0 Å². The molecule has 0 fully saturated rings. The van der Waals surface area contributed by atoms with E-state index in [9.17, 15) is 0 Å². The summed E-state index contributed by atoms with van der Waals surface area (Å²) in [5.74, 6) is 0. The van der Waals surface area contributed by atoms with Crippen molar-refractivity contribution in [3.63, 3.8) is 0 Å². The Kier molecular flexibility index (Phi) is 2.40. The summed E-state index contributed by atoms with van der Waals surface area (Å²) in [6.07, 6.45) is 1.17. The minimum absolute atomic E-state index is 0.621. The van der Waals surface area contributed by atoms with E-state index in [1.165, 1.54) is 28.8 Å². The Morgan fingerprint density at radius 1 is 1.00 bits per heavy atom. The van der Waals surface area contributed by atoms with Gasteiger partial charge in [-0.15, -0.1) is 0 Å². The molecule has 1 nitrogen and oxygen atoms in total. The van der Waals surface area contributed by atoms with Crippen LogP contribution >= 0.6 is 0 Å². The van der Waals surface area contributed by atoms with Gasteiger partial charge in [0, 0.05) is 18.8 Å². The van der Waals surface area contributed by atoms with Crippen LogP contribution in [0.15, 0.2) is 48.5 Å². The van der Waals surface area contributed by atoms with E-state index in [4.69, 9.17) is 0 Å². The number of benzene rings is 2. The van der Waals surface area contributed by atoms with Gasteiger partial charge in [-0.1, -0.05) is 42.5 Å². The Balaban J connectivity index is 2.06. The van der Waals surface area contributed by atoms with E-state index in [-0.39, 0.29) is 0 Å². The highest BCUT2D eigenvalue weighted by Gasteiger charge is 2.22. The average molecular weight is 223 g/mol. The highest BCUT2D eigenvalue weighted by atomic mass is 15.1. The quantitative estimate of drug-likeness (QED) is 0.712. The van der Waals surface area contributed by atoms with Crippen molar-refractivity contribution in [2.24, 2.45) is 0 Å². The van der Waals surface area contributed by atoms with E-state index < -0.39 is 0 Å². The van der Waals surface area contributed by atoms with Crippen LogP contribution in [0.25, 0.3) is 11.1 Å². The largest absolute Gasteiger partial charge is 0.371 e. The number of hydrogen-bond acceptors (Lipinski definition) is 1. The van der Waals surface area contributed by atoms with Gasteiger partial charge in [-0.25, -0.2) is 0 Å². The lowest BCUT2D eigenvalue weighted by atomic mass is 10.0. The fourth-order valence-electron chi connectivity index (χ4n) is 2.57. The zero-order chi connectivity index (χ0) is 11.8. The average Bonchev–Trinajstić information content (AvgIpc) is 2.66. The van der Waals surface area contributed by atoms with E-state index in [0.717, 1.165) is 0 Å². The highest BCUT2D eigenvalue weighted by molar-refractivity contribution is 5.72. The zero-order valence-electron chi connectivity index (χ0n) is 10.4. The molecule has 1 aliphatic rings. The molecule has 17 heavy (non-hydrogen) atoms. The van der Waals surface area contributed by atoms with Crippen molar-refractivity contribution < 1.29 is 0 Å². The second-order valence-electron chi connectivity index (χ2n) is 4.87. The molecule has 1 unspecified atom stereocenters. The molecule has 0 saturated carbocycles. The number of likely N-dealkylation sites (N-methyl/N-ethyl adjacent to an activating group) is 1. The lowest BCUT2D eigenvalue weighted by Gasteiger charge is -2.18. The van der Waals surface area contributed by atoms with Crippen LogP contribution < -0.4 is 4.90 Å². The second kappa shape index (κ2) is 3.92. The molecule has 0 amide bonds. The Hall–Kier alpha value is -1.76. The molecule has 0 radical (unpaired) electrons. The summed E-state index contributed by atoms with van der Waals surface area (Å²) in [5, 5.41) is 0. The number of fused-ring (bicyclic) bond motifs is 1. The summed E-state index contributed by atoms with van der Waals surface area (Å²) >= 11 is 0. The van der Waals surface area contributed by atoms with E-state index >= 15 is 0 Å². The molecule has 0 aliphatic carbocycles. The first-order valence-corrected chi connectivity index (χ1v) is 6.17. The number of nitrogens with zero attached hydrogens (tertiary/aromatic N) is 1. The minimum atomic E-state index is 0.621. The SMILES string of the molecule is CC1Cc2ccc(-c3ccccc3)cc2N1C. The maximum Gasteiger partial charge on any atom is 0.0405 e. The Morgan fingerprint density at radius 2 is 1.76 bits per heavy atom. The lowest BCUT2D eigenvalue weighted by Crippen LogP contribution is -2.23. The van der Waals surface area contributed by atoms with E-state index in [0.29, 0.717) is 6.04 Å². The summed E-state index contributed by atoms with van der Waals surface area (Å²) in [5.41, 5.74) is 5.46. The smallest absolute Gasteiger partial charge is 0.0405 e. The van der Waals surface area contributed by atoms with Gasteiger partial charge in [0.15, 0.2) is 0 Å². The first kappa shape index (κ1) is 10.4. The van der Waals surface area contributed by atoms with Gasteiger partial charge in [0.25, 0.3) is 0 Å². The fourth-order valence-corrected chi connectivity index (χ4v) is 2.57. The molecule has 1 aliphatic heterocycles. The molecule has 0 N–H and O–H groups in total. The fraction of sp³-hybridized carbons (Fsp3) is 0.250. The summed E-state index contributed by atoms with van der Waals surface area (Å²) in [7, 11) is 2.19. The van der Waals surface area contributed by atoms with E-state index in [2.05, 4.69) is 67.4 Å². The van der Waals surface area contributed by atoms with Gasteiger partial charge in [-0.2, -0.15) is 0 Å². The third-order valence-corrected chi connectivity index (χ3v) is 3.75. The van der Waals surface area contributed by atoms with Gasteiger partial charge in [0.1, 0.15) is 0 Å². The first-order valence-electron chi connectivity index (χ1n) is 6.17. The van der Waals surface area contributed by atoms with Gasteiger partial charge in [0.2, 0.25) is 0 Å². The van der Waals surface area contributed by atoms with Crippen LogP contribution in [-0.2, 0) is 6.42 Å². The third-order valence-electron chi connectivity index (χ3n) is 3.75. The summed E-state index contributed by atoms with van der Waals surface area (Å²) in [6.45, 7) is 2.28. The Bertz CT molecular complexity index is 530. The number of hydrogen-bond donors (Lipinski definition) is 0. The topological polar surface area (TPSA) is 3.24 Å². The molecule has 0 spiro atoms. The van der Waals surface area contributed by atoms with Crippen LogP contribution in [0.2, 0.25) is 0 Å². The van der Waals surface area contributed by atoms with Crippen LogP contribution in [0.3, 0.4) is 0 Å². The number of anilines is 1. The molecule has 0 bridgehead atoms. The molecular weight excluding hydrogens is 206 g/mol. The van der Waals surface area contributed by atoms with Crippen molar-refractivity contribution in [1.82, 2.24) is 0 Å². The molecule has 1 heteroatoms. The van der Waals surface area contributed by atoms with Crippen LogP contribution in [0, 0.1) is 0 Å². The zero-order valence-corrected chi connectivity index (χ0v) is 10.4. The van der Waals surface area contributed by atoms with Crippen molar-refractivity contribution >= 4 is 5.69 Å². The van der Waals surface area contributed by atoms with Gasteiger partial charge in [-0.3, -0.25) is 0 Å². The highest BCUT2D eigenvalue weighted by Crippen LogP contribution is 2.34. The van der Waals surface area contributed by atoms with Crippen molar-refractivity contribution in [1.29, 1.82) is 0 Å². The Labute approximate surface area is 103 Å². The molecule has 0 aromatic heterocycles. The maximum atomic E-state index is 2.38. The van der Waals surface area contributed by atoms with Crippen LogP contribution in [0.1, 0.15) is 12.5 Å². The standard InChI is InChI=1S/C16H17N/c1-12-10-15-9-8-14(11-16(15)17(12)2)13-6-4-3-5-7-13/h3-9,11-12H,10H2,1-2H3. The van der Waals surface area contributed by atoms with Crippen molar-refractivity contribution in [2.75, 3.05) is 11.9 Å². The van der Waals surface area contributed by atoms with Gasteiger partial charge >= 0.3 is 0 Å². The van der Waals surface area contributed by atoms with Gasteiger partial charge in [0.05, 0.1) is 0 Å². The second-order valence-corrected chi connectivity index (χ2v) is 4.87. The molecule has 2 aromatic carbocycles. The predicted molar refractivity (Wildman–Crippen MR) is 73.4 cm³/mol. The predicted octanol–water partition coefficient (Wildman–Crippen LogP) is 3.73. The molecule has 1 heterocycles. The molecule has 3 rings (SSSR count). The van der Waals surface area contributed by atoms with Crippen LogP contribution in [0.5, 0.6) is 0 Å².